The van der Waals surface area contributed by atoms with Crippen LogP contribution in [-0.4, -0.2) is 70.1 Å². The number of carbonyl (C=O) groups excluding carboxylic acids is 1. The maximum absolute atomic E-state index is 13.4. The Kier molecular flexibility index (Phi) is 7.21. The van der Waals surface area contributed by atoms with Crippen molar-refractivity contribution in [3.05, 3.63) is 47.6 Å². The average Bonchev–Trinajstić information content (AvgIpc) is 3.34. The molecule has 1 aliphatic heterocycles. The molecule has 3 aliphatic rings. The van der Waals surface area contributed by atoms with E-state index in [1.165, 1.54) is 24.2 Å². The number of likely N-dealkylation sites (tertiary alicyclic amines) is 1. The molecule has 2 bridgehead atoms. The number of fused-ring (bicyclic) bond motifs is 2. The summed E-state index contributed by atoms with van der Waals surface area (Å²) < 4.78 is 33.2. The maximum atomic E-state index is 13.4. The Morgan fingerprint density at radius 2 is 2.08 bits per heavy atom. The second-order valence-corrected chi connectivity index (χ2v) is 13.3. The molecule has 39 heavy (non-hydrogen) atoms. The van der Waals surface area contributed by atoms with E-state index in [9.17, 15) is 13.2 Å². The number of anilines is 1. The second-order valence-electron chi connectivity index (χ2n) is 10.3. The third kappa shape index (κ3) is 5.89. The summed E-state index contributed by atoms with van der Waals surface area (Å²) in [5, 5.41) is 3.09. The van der Waals surface area contributed by atoms with Gasteiger partial charge in [0.05, 0.1) is 46.6 Å². The number of ether oxygens (including phenoxy) is 1. The molecular formula is C26H31N7O4S2. The van der Waals surface area contributed by atoms with E-state index >= 15 is 0 Å². The van der Waals surface area contributed by atoms with Crippen LogP contribution in [0.25, 0.3) is 10.6 Å². The molecule has 206 valence electrons. The zero-order chi connectivity index (χ0) is 27.0. The molecule has 3 atom stereocenters. The fourth-order valence-corrected chi connectivity index (χ4v) is 7.58. The van der Waals surface area contributed by atoms with Crippen molar-refractivity contribution in [3.8, 4) is 16.5 Å². The number of rotatable bonds is 11. The van der Waals surface area contributed by atoms with Crippen LogP contribution in [0.5, 0.6) is 5.88 Å². The van der Waals surface area contributed by atoms with Crippen molar-refractivity contribution in [3.63, 3.8) is 0 Å². The fraction of sp³-hybridized carbons (Fsp3) is 0.500. The molecule has 0 radical (unpaired) electrons. The molecule has 0 aromatic carbocycles. The van der Waals surface area contributed by atoms with Gasteiger partial charge in [0.2, 0.25) is 15.9 Å². The second kappa shape index (κ2) is 10.8. The van der Waals surface area contributed by atoms with Gasteiger partial charge in [0.25, 0.3) is 5.91 Å². The summed E-state index contributed by atoms with van der Waals surface area (Å²) in [5.74, 6) is 0.795. The van der Waals surface area contributed by atoms with Crippen LogP contribution in [0.15, 0.2) is 36.9 Å². The highest BCUT2D eigenvalue weighted by Gasteiger charge is 2.39. The highest BCUT2D eigenvalue weighted by molar-refractivity contribution is 7.93. The highest BCUT2D eigenvalue weighted by Crippen LogP contribution is 2.38. The fourth-order valence-electron chi connectivity index (χ4n) is 5.43. The number of amides is 1. The Bertz CT molecular complexity index is 1460. The Labute approximate surface area is 231 Å². The van der Waals surface area contributed by atoms with Crippen LogP contribution in [0.3, 0.4) is 0 Å². The first-order chi connectivity index (χ1) is 18.9. The van der Waals surface area contributed by atoms with E-state index in [4.69, 9.17) is 4.74 Å². The molecule has 2 aliphatic carbocycles. The molecule has 1 amide bonds. The largest absolute Gasteiger partial charge is 0.477 e. The first kappa shape index (κ1) is 26.1. The minimum atomic E-state index is -3.41. The molecule has 13 heteroatoms. The number of hydrogen-bond donors (Lipinski definition) is 2. The Balaban J connectivity index is 1.22. The summed E-state index contributed by atoms with van der Waals surface area (Å²) in [6, 6.07) is 3.44. The summed E-state index contributed by atoms with van der Waals surface area (Å²) in [7, 11) is -3.41. The normalized spacial score (nSPS) is 21.6. The molecule has 3 fully saturated rings. The van der Waals surface area contributed by atoms with Crippen molar-refractivity contribution < 1.29 is 17.9 Å². The average molecular weight is 570 g/mol. The molecule has 0 unspecified atom stereocenters. The van der Waals surface area contributed by atoms with E-state index in [1.807, 2.05) is 6.92 Å². The van der Waals surface area contributed by atoms with Crippen LogP contribution in [-0.2, 0) is 10.0 Å². The van der Waals surface area contributed by atoms with Crippen LogP contribution < -0.4 is 14.8 Å². The van der Waals surface area contributed by atoms with Crippen LogP contribution in [0.2, 0.25) is 0 Å². The van der Waals surface area contributed by atoms with Crippen molar-refractivity contribution in [1.29, 1.82) is 0 Å². The van der Waals surface area contributed by atoms with E-state index in [0.29, 0.717) is 70.8 Å². The summed E-state index contributed by atoms with van der Waals surface area (Å²) >= 11 is 1.23. The van der Waals surface area contributed by atoms with E-state index in [2.05, 4.69) is 34.9 Å². The van der Waals surface area contributed by atoms with Gasteiger partial charge < -0.3 is 10.1 Å². The van der Waals surface area contributed by atoms with Crippen molar-refractivity contribution in [2.75, 3.05) is 24.4 Å². The lowest BCUT2D eigenvalue weighted by Crippen LogP contribution is -2.41. The summed E-state index contributed by atoms with van der Waals surface area (Å²) in [5.41, 5.74) is 1.65. The van der Waals surface area contributed by atoms with Gasteiger partial charge in [0.1, 0.15) is 5.69 Å². The van der Waals surface area contributed by atoms with Crippen LogP contribution >= 0.6 is 11.3 Å². The van der Waals surface area contributed by atoms with Crippen molar-refractivity contribution >= 4 is 33.0 Å². The molecule has 4 heterocycles. The van der Waals surface area contributed by atoms with Crippen molar-refractivity contribution in [1.82, 2.24) is 30.2 Å². The first-order valence-corrected chi connectivity index (χ1v) is 15.7. The monoisotopic (exact) mass is 569 g/mol. The van der Waals surface area contributed by atoms with Gasteiger partial charge in [-0.15, -0.1) is 11.3 Å². The minimum Gasteiger partial charge on any atom is -0.477 e. The number of nitrogens with one attached hydrogen (secondary N) is 2. The third-order valence-electron chi connectivity index (χ3n) is 7.46. The molecule has 0 spiro atoms. The Hall–Kier alpha value is -3.16. The van der Waals surface area contributed by atoms with Gasteiger partial charge in [0.15, 0.2) is 5.01 Å². The van der Waals surface area contributed by atoms with Gasteiger partial charge in [-0.05, 0) is 57.1 Å². The topological polar surface area (TPSA) is 139 Å². The number of hydrogen-bond acceptors (Lipinski definition) is 10. The van der Waals surface area contributed by atoms with E-state index in [1.54, 1.807) is 36.9 Å². The zero-order valence-electron chi connectivity index (χ0n) is 21.6. The molecule has 2 N–H and O–H groups in total. The maximum Gasteiger partial charge on any atom is 0.280 e. The number of piperidine rings is 1. The summed E-state index contributed by atoms with van der Waals surface area (Å²) in [6.45, 7) is 3.95. The molecule has 1 saturated heterocycles. The molecular weight excluding hydrogens is 538 g/mol. The smallest absolute Gasteiger partial charge is 0.280 e. The van der Waals surface area contributed by atoms with E-state index < -0.39 is 16.1 Å². The third-order valence-corrected chi connectivity index (χ3v) is 10.4. The number of aromatic nitrogens is 4. The van der Waals surface area contributed by atoms with Gasteiger partial charge in [-0.2, -0.15) is 0 Å². The van der Waals surface area contributed by atoms with Gasteiger partial charge in [0, 0.05) is 31.5 Å². The van der Waals surface area contributed by atoms with Crippen LogP contribution in [0, 0.1) is 5.92 Å². The summed E-state index contributed by atoms with van der Waals surface area (Å²) in [6.07, 6.45) is 11.3. The number of pyridine rings is 1. The number of nitrogens with zero attached hydrogens (tertiary/aromatic N) is 5. The van der Waals surface area contributed by atoms with Gasteiger partial charge in [-0.25, -0.2) is 18.4 Å². The van der Waals surface area contributed by atoms with Gasteiger partial charge in [-0.1, -0.05) is 0 Å². The van der Waals surface area contributed by atoms with Crippen LogP contribution in [0.1, 0.15) is 60.6 Å². The first-order valence-electron chi connectivity index (χ1n) is 13.3. The van der Waals surface area contributed by atoms with Crippen molar-refractivity contribution in [2.24, 2.45) is 5.92 Å². The molecule has 6 rings (SSSR count). The summed E-state index contributed by atoms with van der Waals surface area (Å²) in [4.78, 5) is 34.0. The predicted octanol–water partition coefficient (Wildman–Crippen LogP) is 3.25. The molecule has 3 aromatic heterocycles. The molecule has 3 aromatic rings. The lowest BCUT2D eigenvalue weighted by atomic mass is 10.1. The molecule has 11 nitrogen and oxygen atoms in total. The number of thiazole rings is 1. The highest BCUT2D eigenvalue weighted by atomic mass is 32.2. The number of carbonyl (C=O) groups is 1. The van der Waals surface area contributed by atoms with Crippen molar-refractivity contribution in [2.45, 2.75) is 56.4 Å². The predicted molar refractivity (Wildman–Crippen MR) is 147 cm³/mol. The lowest BCUT2D eigenvalue weighted by Gasteiger charge is -2.31. The molecule has 2 saturated carbocycles. The standard InChI is InChI=1S/C26H31N7O4S2/c1-2-37-24-13-27-11-21(30-24)23-12-29-26(38-23)25(34)31-22(15-33-14-16-3-4-18(33)9-16)20-10-17(7-8-28-20)32-39(35,36)19-5-6-19/h7-8,10-13,16,18-19,22H,2-6,9,14-15H2,1H3,(H,28,32)(H,31,34)/t16-,18+,22-/m0/s1. The quantitative estimate of drug-likeness (QED) is 0.356. The van der Waals surface area contributed by atoms with Crippen LogP contribution in [0.4, 0.5) is 5.69 Å². The SMILES string of the molecule is CCOc1cncc(-c2cnc(C(=O)N[C@@H](CN3C[C@H]4CC[C@@H]3C4)c3cc(NS(=O)(=O)C4CC4)ccn3)s2)n1. The Morgan fingerprint density at radius 3 is 2.82 bits per heavy atom. The zero-order valence-corrected chi connectivity index (χ0v) is 23.2. The Morgan fingerprint density at radius 1 is 1.21 bits per heavy atom. The van der Waals surface area contributed by atoms with E-state index in [0.717, 1.165) is 13.0 Å². The van der Waals surface area contributed by atoms with Gasteiger partial charge >= 0.3 is 0 Å². The lowest BCUT2D eigenvalue weighted by molar-refractivity contribution is 0.0915. The van der Waals surface area contributed by atoms with E-state index in [-0.39, 0.29) is 11.2 Å². The minimum absolute atomic E-state index is 0.298. The van der Waals surface area contributed by atoms with Gasteiger partial charge in [-0.3, -0.25) is 24.4 Å². The number of sulfonamides is 1.